The molecule has 0 aliphatic rings. The maximum absolute atomic E-state index is 5.20. The van der Waals surface area contributed by atoms with Gasteiger partial charge in [-0.05, 0) is 59.2 Å². The zero-order valence-corrected chi connectivity index (χ0v) is 30.4. The summed E-state index contributed by atoms with van der Waals surface area (Å²) in [6.45, 7) is 0. The molecule has 0 N–H and O–H groups in total. The van der Waals surface area contributed by atoms with Gasteiger partial charge in [0.25, 0.3) is 0 Å². The van der Waals surface area contributed by atoms with Gasteiger partial charge in [-0.2, -0.15) is 9.97 Å². The molecule has 0 saturated heterocycles. The fraction of sp³-hybridized carbons (Fsp3) is 0. The fourth-order valence-corrected chi connectivity index (χ4v) is 7.60. The van der Waals surface area contributed by atoms with Crippen molar-refractivity contribution >= 4 is 38.9 Å². The first-order chi connectivity index (χ1) is 27.8. The van der Waals surface area contributed by atoms with Crippen molar-refractivity contribution in [2.75, 3.05) is 4.90 Å². The third-order valence-electron chi connectivity index (χ3n) is 10.3. The van der Waals surface area contributed by atoms with Crippen molar-refractivity contribution < 1.29 is 0 Å². The van der Waals surface area contributed by atoms with Crippen molar-refractivity contribution in [3.8, 4) is 51.0 Å². The van der Waals surface area contributed by atoms with Crippen LogP contribution in [0.5, 0.6) is 0 Å². The maximum Gasteiger partial charge on any atom is 0.238 e. The number of benzene rings is 8. The largest absolute Gasteiger partial charge is 0.310 e. The number of hydrogen-bond acceptors (Lipinski definition) is 4. The van der Waals surface area contributed by atoms with Crippen molar-refractivity contribution in [2.24, 2.45) is 0 Å². The summed E-state index contributed by atoms with van der Waals surface area (Å²) in [5.41, 5.74) is 11.7. The Bertz CT molecular complexity index is 2850. The van der Waals surface area contributed by atoms with Gasteiger partial charge in [-0.3, -0.25) is 4.57 Å². The molecule has 5 heteroatoms. The van der Waals surface area contributed by atoms with Gasteiger partial charge < -0.3 is 4.90 Å². The third kappa shape index (κ3) is 6.07. The van der Waals surface area contributed by atoms with Crippen LogP contribution in [0, 0.1) is 0 Å². The minimum atomic E-state index is 0.574. The second-order valence-corrected chi connectivity index (χ2v) is 13.7. The molecule has 0 unspecified atom stereocenters. The molecule has 5 nitrogen and oxygen atoms in total. The zero-order valence-electron chi connectivity index (χ0n) is 30.4. The van der Waals surface area contributed by atoms with E-state index in [-0.39, 0.29) is 0 Å². The molecule has 0 saturated carbocycles. The molecule has 0 amide bonds. The van der Waals surface area contributed by atoms with Gasteiger partial charge in [0.15, 0.2) is 11.6 Å². The average molecular weight is 718 g/mol. The monoisotopic (exact) mass is 717 g/mol. The van der Waals surface area contributed by atoms with Crippen LogP contribution in [0.15, 0.2) is 212 Å². The van der Waals surface area contributed by atoms with Gasteiger partial charge >= 0.3 is 0 Å². The summed E-state index contributed by atoms with van der Waals surface area (Å²) in [5.74, 6) is 1.79. The van der Waals surface area contributed by atoms with E-state index in [1.165, 1.54) is 5.56 Å². The SMILES string of the molecule is c1ccc(-c2ccc(-c3nc(-c4ccc(-c5ccccc5N(c5ccccc5)c5ccccc5)cc4)nc(-n4c5ccccc5c5ccccc54)n3)cc2)cc1. The molecule has 10 aromatic rings. The number of anilines is 3. The topological polar surface area (TPSA) is 46.8 Å². The highest BCUT2D eigenvalue weighted by Crippen LogP contribution is 2.41. The summed E-state index contributed by atoms with van der Waals surface area (Å²) in [6.07, 6.45) is 0. The van der Waals surface area contributed by atoms with Crippen LogP contribution in [-0.4, -0.2) is 19.5 Å². The highest BCUT2D eigenvalue weighted by molar-refractivity contribution is 6.09. The maximum atomic E-state index is 5.20. The van der Waals surface area contributed by atoms with E-state index in [1.54, 1.807) is 0 Å². The van der Waals surface area contributed by atoms with Crippen molar-refractivity contribution in [1.29, 1.82) is 0 Å². The van der Waals surface area contributed by atoms with E-state index in [0.717, 1.165) is 66.7 Å². The van der Waals surface area contributed by atoms with Crippen LogP contribution in [0.2, 0.25) is 0 Å². The molecule has 8 aromatic carbocycles. The quantitative estimate of drug-likeness (QED) is 0.157. The molecule has 0 aliphatic carbocycles. The van der Waals surface area contributed by atoms with Crippen LogP contribution in [0.3, 0.4) is 0 Å². The summed E-state index contributed by atoms with van der Waals surface area (Å²) in [5, 5.41) is 2.31. The third-order valence-corrected chi connectivity index (χ3v) is 10.3. The molecule has 0 radical (unpaired) electrons. The predicted molar refractivity (Wildman–Crippen MR) is 231 cm³/mol. The number of hydrogen-bond donors (Lipinski definition) is 0. The Kier molecular flexibility index (Phi) is 8.43. The lowest BCUT2D eigenvalue weighted by Crippen LogP contribution is -2.10. The fourth-order valence-electron chi connectivity index (χ4n) is 7.60. The number of rotatable bonds is 8. The molecule has 0 aliphatic heterocycles. The van der Waals surface area contributed by atoms with Crippen molar-refractivity contribution in [2.45, 2.75) is 0 Å². The molecule has 56 heavy (non-hydrogen) atoms. The van der Waals surface area contributed by atoms with Gasteiger partial charge in [0, 0.05) is 38.8 Å². The zero-order chi connectivity index (χ0) is 37.3. The first kappa shape index (κ1) is 33.0. The Morgan fingerprint density at radius 1 is 0.321 bits per heavy atom. The Morgan fingerprint density at radius 3 is 1.29 bits per heavy atom. The highest BCUT2D eigenvalue weighted by Gasteiger charge is 2.19. The van der Waals surface area contributed by atoms with E-state index >= 15 is 0 Å². The Balaban J connectivity index is 1.10. The van der Waals surface area contributed by atoms with Crippen LogP contribution in [0.4, 0.5) is 17.1 Å². The summed E-state index contributed by atoms with van der Waals surface area (Å²) >= 11 is 0. The van der Waals surface area contributed by atoms with Crippen molar-refractivity contribution in [1.82, 2.24) is 19.5 Å². The lowest BCUT2D eigenvalue weighted by molar-refractivity contribution is 0.953. The lowest BCUT2D eigenvalue weighted by atomic mass is 10.00. The molecule has 10 rings (SSSR count). The number of aromatic nitrogens is 4. The molecule has 264 valence electrons. The van der Waals surface area contributed by atoms with Gasteiger partial charge in [-0.25, -0.2) is 4.98 Å². The van der Waals surface area contributed by atoms with E-state index in [4.69, 9.17) is 15.0 Å². The van der Waals surface area contributed by atoms with Crippen LogP contribution < -0.4 is 4.90 Å². The van der Waals surface area contributed by atoms with Crippen LogP contribution in [-0.2, 0) is 0 Å². The van der Waals surface area contributed by atoms with E-state index in [2.05, 4.69) is 216 Å². The Labute approximate surface area is 325 Å². The molecular formula is C51H35N5. The molecule has 0 atom stereocenters. The van der Waals surface area contributed by atoms with Crippen molar-refractivity contribution in [3.63, 3.8) is 0 Å². The van der Waals surface area contributed by atoms with Gasteiger partial charge in [0.2, 0.25) is 5.95 Å². The Hall–Kier alpha value is -7.63. The van der Waals surface area contributed by atoms with Crippen LogP contribution in [0.25, 0.3) is 72.8 Å². The molecule has 2 heterocycles. The summed E-state index contributed by atoms with van der Waals surface area (Å²) in [4.78, 5) is 17.8. The summed E-state index contributed by atoms with van der Waals surface area (Å²) in [6, 6.07) is 73.9. The molecule has 2 aromatic heterocycles. The van der Waals surface area contributed by atoms with Crippen LogP contribution >= 0.6 is 0 Å². The van der Waals surface area contributed by atoms with Gasteiger partial charge in [0.1, 0.15) is 0 Å². The number of fused-ring (bicyclic) bond motifs is 3. The van der Waals surface area contributed by atoms with E-state index < -0.39 is 0 Å². The molecule has 0 bridgehead atoms. The minimum absolute atomic E-state index is 0.574. The standard InChI is InChI=1S/C51H35N5/c1-4-16-36(17-5-1)37-28-32-39(33-29-37)49-52-50(54-51(53-49)56-47-26-14-11-23-44(47)45-24-12-15-27-48(45)56)40-34-30-38(31-35-40)43-22-10-13-25-46(43)55(41-18-6-2-7-19-41)42-20-8-3-9-21-42/h1-35H. The minimum Gasteiger partial charge on any atom is -0.310 e. The average Bonchev–Trinajstić information content (AvgIpc) is 3.62. The van der Waals surface area contributed by atoms with Gasteiger partial charge in [-0.15, -0.1) is 0 Å². The highest BCUT2D eigenvalue weighted by atomic mass is 15.2. The first-order valence-corrected chi connectivity index (χ1v) is 18.8. The summed E-state index contributed by atoms with van der Waals surface area (Å²) in [7, 11) is 0. The number of para-hydroxylation sites is 5. The van der Waals surface area contributed by atoms with E-state index in [0.29, 0.717) is 17.6 Å². The smallest absolute Gasteiger partial charge is 0.238 e. The summed E-state index contributed by atoms with van der Waals surface area (Å²) < 4.78 is 2.16. The molecule has 0 spiro atoms. The molecular weight excluding hydrogens is 683 g/mol. The molecule has 0 fully saturated rings. The lowest BCUT2D eigenvalue weighted by Gasteiger charge is -2.27. The second kappa shape index (κ2) is 14.3. The van der Waals surface area contributed by atoms with Crippen molar-refractivity contribution in [3.05, 3.63) is 212 Å². The Morgan fingerprint density at radius 2 is 0.732 bits per heavy atom. The number of nitrogens with zero attached hydrogens (tertiary/aromatic N) is 5. The van der Waals surface area contributed by atoms with Gasteiger partial charge in [0.05, 0.1) is 16.7 Å². The van der Waals surface area contributed by atoms with Gasteiger partial charge in [-0.1, -0.05) is 170 Å². The van der Waals surface area contributed by atoms with E-state index in [9.17, 15) is 0 Å². The second-order valence-electron chi connectivity index (χ2n) is 13.7. The first-order valence-electron chi connectivity index (χ1n) is 18.8. The normalized spacial score (nSPS) is 11.2. The van der Waals surface area contributed by atoms with Crippen LogP contribution in [0.1, 0.15) is 0 Å². The predicted octanol–water partition coefficient (Wildman–Crippen LogP) is 13.1. The van der Waals surface area contributed by atoms with E-state index in [1.807, 2.05) is 6.07 Å².